The molecular formula is C17H27N3O. The third-order valence-corrected chi connectivity index (χ3v) is 4.57. The van der Waals surface area contributed by atoms with Crippen LogP contribution in [-0.4, -0.2) is 48.4 Å². The summed E-state index contributed by atoms with van der Waals surface area (Å²) in [5.41, 5.74) is 6.85. The number of benzene rings is 1. The molecule has 0 bridgehead atoms. The van der Waals surface area contributed by atoms with E-state index in [0.29, 0.717) is 12.5 Å². The van der Waals surface area contributed by atoms with E-state index in [0.717, 1.165) is 25.1 Å². The van der Waals surface area contributed by atoms with Crippen molar-refractivity contribution >= 4 is 5.91 Å². The summed E-state index contributed by atoms with van der Waals surface area (Å²) in [6.45, 7) is 6.50. The van der Waals surface area contributed by atoms with Crippen molar-refractivity contribution in [1.29, 1.82) is 0 Å². The first-order chi connectivity index (χ1) is 10.1. The predicted octanol–water partition coefficient (Wildman–Crippen LogP) is 1.88. The van der Waals surface area contributed by atoms with Gasteiger partial charge in [-0.1, -0.05) is 37.3 Å². The Bertz CT molecular complexity index is 462. The zero-order chi connectivity index (χ0) is 15.4. The molecule has 0 spiro atoms. The van der Waals surface area contributed by atoms with Crippen LogP contribution in [0.15, 0.2) is 30.3 Å². The zero-order valence-electron chi connectivity index (χ0n) is 13.3. The van der Waals surface area contributed by atoms with Crippen LogP contribution >= 0.6 is 0 Å². The average molecular weight is 289 g/mol. The van der Waals surface area contributed by atoms with Gasteiger partial charge in [0.05, 0.1) is 0 Å². The fourth-order valence-electron chi connectivity index (χ4n) is 3.18. The Balaban J connectivity index is 2.23. The predicted molar refractivity (Wildman–Crippen MR) is 85.8 cm³/mol. The van der Waals surface area contributed by atoms with Gasteiger partial charge in [-0.25, -0.2) is 0 Å². The summed E-state index contributed by atoms with van der Waals surface area (Å²) in [5.74, 6) is 0.640. The Morgan fingerprint density at radius 2 is 2.10 bits per heavy atom. The van der Waals surface area contributed by atoms with Gasteiger partial charge in [-0.2, -0.15) is 0 Å². The van der Waals surface area contributed by atoms with Crippen LogP contribution < -0.4 is 5.73 Å². The largest absolute Gasteiger partial charge is 0.338 e. The molecule has 2 N–H and O–H groups in total. The lowest BCUT2D eigenvalue weighted by molar-refractivity contribution is -0.137. The van der Waals surface area contributed by atoms with Gasteiger partial charge in [-0.15, -0.1) is 0 Å². The van der Waals surface area contributed by atoms with Gasteiger partial charge in [0.1, 0.15) is 6.04 Å². The number of carbonyl (C=O) groups excluding carboxylic acids is 1. The molecule has 1 saturated heterocycles. The molecule has 2 rings (SSSR count). The number of hydrogen-bond acceptors (Lipinski definition) is 3. The second-order valence-corrected chi connectivity index (χ2v) is 6.06. The minimum Gasteiger partial charge on any atom is -0.338 e. The van der Waals surface area contributed by atoms with Gasteiger partial charge in [0.2, 0.25) is 5.91 Å². The molecule has 0 radical (unpaired) electrons. The maximum atomic E-state index is 13.1. The Hall–Kier alpha value is -1.39. The number of hydrogen-bond donors (Lipinski definition) is 1. The topological polar surface area (TPSA) is 49.6 Å². The molecule has 3 unspecified atom stereocenters. The Labute approximate surface area is 127 Å². The minimum atomic E-state index is -0.199. The van der Waals surface area contributed by atoms with Crippen LogP contribution in [0, 0.1) is 5.92 Å². The molecule has 0 aliphatic carbocycles. The minimum absolute atomic E-state index is 0.199. The monoisotopic (exact) mass is 289 g/mol. The normalized spacial score (nSPS) is 23.6. The first-order valence-electron chi connectivity index (χ1n) is 7.84. The summed E-state index contributed by atoms with van der Waals surface area (Å²) in [6, 6.07) is 10.1. The average Bonchev–Trinajstić information content (AvgIpc) is 2.89. The highest BCUT2D eigenvalue weighted by molar-refractivity contribution is 5.83. The molecule has 1 aromatic rings. The van der Waals surface area contributed by atoms with Crippen LogP contribution in [0.25, 0.3) is 0 Å². The summed E-state index contributed by atoms with van der Waals surface area (Å²) in [7, 11) is 2.01. The number of carbonyl (C=O) groups is 1. The fraction of sp³-hybridized carbons (Fsp3) is 0.588. The molecule has 4 nitrogen and oxygen atoms in total. The Morgan fingerprint density at radius 1 is 1.43 bits per heavy atom. The molecule has 1 aliphatic heterocycles. The van der Waals surface area contributed by atoms with Gasteiger partial charge >= 0.3 is 0 Å². The van der Waals surface area contributed by atoms with Gasteiger partial charge < -0.3 is 10.6 Å². The van der Waals surface area contributed by atoms with Gasteiger partial charge in [-0.3, -0.25) is 9.69 Å². The van der Waals surface area contributed by atoms with E-state index in [4.69, 9.17) is 5.73 Å². The van der Waals surface area contributed by atoms with Crippen molar-refractivity contribution in [2.24, 2.45) is 11.7 Å². The standard InChI is InChI=1S/C17H27N3O/c1-4-19(3)16(15-8-6-5-7-9-15)17(21)20-12-14(11-18)10-13(20)2/h5-9,13-14,16H,4,10-12,18H2,1-3H3. The van der Waals surface area contributed by atoms with E-state index in [1.54, 1.807) is 0 Å². The molecule has 116 valence electrons. The van der Waals surface area contributed by atoms with Crippen molar-refractivity contribution in [2.75, 3.05) is 26.7 Å². The van der Waals surface area contributed by atoms with Crippen LogP contribution in [0.3, 0.4) is 0 Å². The number of amides is 1. The van der Waals surface area contributed by atoms with Crippen molar-refractivity contribution in [2.45, 2.75) is 32.4 Å². The lowest BCUT2D eigenvalue weighted by Gasteiger charge is -2.32. The number of nitrogens with zero attached hydrogens (tertiary/aromatic N) is 2. The van der Waals surface area contributed by atoms with Crippen LogP contribution in [0.4, 0.5) is 0 Å². The molecule has 1 amide bonds. The first-order valence-corrected chi connectivity index (χ1v) is 7.84. The third kappa shape index (κ3) is 3.44. The highest BCUT2D eigenvalue weighted by atomic mass is 16.2. The first kappa shape index (κ1) is 16.0. The highest BCUT2D eigenvalue weighted by Crippen LogP contribution is 2.28. The van der Waals surface area contributed by atoms with E-state index in [1.807, 2.05) is 42.3 Å². The lowest BCUT2D eigenvalue weighted by atomic mass is 10.0. The summed E-state index contributed by atoms with van der Waals surface area (Å²) in [6.07, 6.45) is 1.01. The second-order valence-electron chi connectivity index (χ2n) is 6.06. The molecule has 1 fully saturated rings. The molecule has 4 heteroatoms. The van der Waals surface area contributed by atoms with Gasteiger partial charge in [-0.05, 0) is 45.0 Å². The second kappa shape index (κ2) is 7.05. The summed E-state index contributed by atoms with van der Waals surface area (Å²) >= 11 is 0. The zero-order valence-corrected chi connectivity index (χ0v) is 13.3. The number of likely N-dealkylation sites (tertiary alicyclic amines) is 1. The van der Waals surface area contributed by atoms with Crippen molar-refractivity contribution < 1.29 is 4.79 Å². The summed E-state index contributed by atoms with van der Waals surface area (Å²) in [4.78, 5) is 17.2. The number of rotatable bonds is 5. The van der Waals surface area contributed by atoms with Crippen LogP contribution in [0.5, 0.6) is 0 Å². The maximum absolute atomic E-state index is 13.1. The van der Waals surface area contributed by atoms with E-state index in [9.17, 15) is 4.79 Å². The van der Waals surface area contributed by atoms with E-state index in [-0.39, 0.29) is 18.0 Å². The van der Waals surface area contributed by atoms with Crippen molar-refractivity contribution in [3.05, 3.63) is 35.9 Å². The smallest absolute Gasteiger partial charge is 0.244 e. The quantitative estimate of drug-likeness (QED) is 0.900. The van der Waals surface area contributed by atoms with Gasteiger partial charge in [0.15, 0.2) is 0 Å². The molecule has 1 heterocycles. The molecule has 0 aromatic heterocycles. The highest BCUT2D eigenvalue weighted by Gasteiger charge is 2.36. The van der Waals surface area contributed by atoms with E-state index in [1.165, 1.54) is 0 Å². The molecule has 0 saturated carbocycles. The molecule has 1 aliphatic rings. The lowest BCUT2D eigenvalue weighted by Crippen LogP contribution is -2.43. The van der Waals surface area contributed by atoms with E-state index in [2.05, 4.69) is 18.7 Å². The van der Waals surface area contributed by atoms with Crippen LogP contribution in [-0.2, 0) is 4.79 Å². The van der Waals surface area contributed by atoms with Gasteiger partial charge in [0.25, 0.3) is 0 Å². The van der Waals surface area contributed by atoms with Crippen molar-refractivity contribution in [3.8, 4) is 0 Å². The van der Waals surface area contributed by atoms with Crippen molar-refractivity contribution in [1.82, 2.24) is 9.80 Å². The maximum Gasteiger partial charge on any atom is 0.244 e. The SMILES string of the molecule is CCN(C)C(C(=O)N1CC(CN)CC1C)c1ccccc1. The molecule has 3 atom stereocenters. The van der Waals surface area contributed by atoms with Crippen LogP contribution in [0.2, 0.25) is 0 Å². The molecule has 21 heavy (non-hydrogen) atoms. The van der Waals surface area contributed by atoms with E-state index < -0.39 is 0 Å². The fourth-order valence-corrected chi connectivity index (χ4v) is 3.18. The van der Waals surface area contributed by atoms with E-state index >= 15 is 0 Å². The van der Waals surface area contributed by atoms with Gasteiger partial charge in [0, 0.05) is 12.6 Å². The summed E-state index contributed by atoms with van der Waals surface area (Å²) < 4.78 is 0. The Kier molecular flexibility index (Phi) is 5.37. The van der Waals surface area contributed by atoms with Crippen molar-refractivity contribution in [3.63, 3.8) is 0 Å². The Morgan fingerprint density at radius 3 is 2.62 bits per heavy atom. The number of likely N-dealkylation sites (N-methyl/N-ethyl adjacent to an activating group) is 1. The third-order valence-electron chi connectivity index (χ3n) is 4.57. The number of nitrogens with two attached hydrogens (primary N) is 1. The van der Waals surface area contributed by atoms with Crippen LogP contribution in [0.1, 0.15) is 31.9 Å². The molecular weight excluding hydrogens is 262 g/mol. The summed E-state index contributed by atoms with van der Waals surface area (Å²) in [5, 5.41) is 0. The molecule has 1 aromatic carbocycles.